The van der Waals surface area contributed by atoms with Crippen LogP contribution in [0.5, 0.6) is 5.75 Å². The zero-order chi connectivity index (χ0) is 11.8. The molecule has 1 rings (SSSR count). The molecule has 17 heavy (non-hydrogen) atoms. The van der Waals surface area contributed by atoms with Crippen molar-refractivity contribution in [3.8, 4) is 5.75 Å². The van der Waals surface area contributed by atoms with Crippen molar-refractivity contribution in [2.75, 3.05) is 26.7 Å². The van der Waals surface area contributed by atoms with Crippen LogP contribution < -0.4 is 15.4 Å². The highest BCUT2D eigenvalue weighted by atomic mass is 35.5. The molecule has 0 bridgehead atoms. The molecule has 0 aliphatic heterocycles. The molecule has 1 aromatic rings. The Hall–Kier alpha value is -1.26. The van der Waals surface area contributed by atoms with Gasteiger partial charge in [-0.05, 0) is 26.1 Å². The molecule has 0 saturated heterocycles. The number of benzene rings is 1. The quantitative estimate of drug-likeness (QED) is 0.760. The van der Waals surface area contributed by atoms with Crippen LogP contribution in [0.4, 0.5) is 0 Å². The predicted molar refractivity (Wildman–Crippen MR) is 71.1 cm³/mol. The monoisotopic (exact) mass is 258 g/mol. The Balaban J connectivity index is 0.00000256. The largest absolute Gasteiger partial charge is 0.493 e. The molecule has 0 heterocycles. The molecule has 0 radical (unpaired) electrons. The van der Waals surface area contributed by atoms with E-state index in [9.17, 15) is 4.79 Å². The third-order valence-electron chi connectivity index (χ3n) is 2.09. The third kappa shape index (κ3) is 5.06. The maximum absolute atomic E-state index is 11.8. The zero-order valence-corrected chi connectivity index (χ0v) is 11.0. The number of likely N-dealkylation sites (N-methyl/N-ethyl adjacent to an activating group) is 1. The van der Waals surface area contributed by atoms with E-state index in [4.69, 9.17) is 4.74 Å². The van der Waals surface area contributed by atoms with Crippen LogP contribution in [0.3, 0.4) is 0 Å². The smallest absolute Gasteiger partial charge is 0.255 e. The van der Waals surface area contributed by atoms with E-state index in [1.165, 1.54) is 0 Å². The Bertz CT molecular complexity index is 345. The second-order valence-electron chi connectivity index (χ2n) is 3.29. The van der Waals surface area contributed by atoms with Gasteiger partial charge in [0, 0.05) is 13.1 Å². The number of carbonyl (C=O) groups is 1. The van der Waals surface area contributed by atoms with Crippen molar-refractivity contribution in [3.05, 3.63) is 29.8 Å². The second-order valence-corrected chi connectivity index (χ2v) is 3.29. The topological polar surface area (TPSA) is 50.4 Å². The van der Waals surface area contributed by atoms with E-state index in [0.717, 1.165) is 6.54 Å². The van der Waals surface area contributed by atoms with E-state index < -0.39 is 0 Å². The van der Waals surface area contributed by atoms with Gasteiger partial charge in [0.15, 0.2) is 0 Å². The lowest BCUT2D eigenvalue weighted by molar-refractivity contribution is 0.0950. The summed E-state index contributed by atoms with van der Waals surface area (Å²) in [5.41, 5.74) is 0.584. The Morgan fingerprint density at radius 1 is 1.29 bits per heavy atom. The number of amides is 1. The van der Waals surface area contributed by atoms with Crippen molar-refractivity contribution in [1.82, 2.24) is 10.6 Å². The van der Waals surface area contributed by atoms with E-state index in [1.54, 1.807) is 12.1 Å². The molecule has 0 saturated carbocycles. The molecule has 5 heteroatoms. The summed E-state index contributed by atoms with van der Waals surface area (Å²) in [7, 11) is 1.85. The number of carbonyl (C=O) groups excluding carboxylic acids is 1. The van der Waals surface area contributed by atoms with Gasteiger partial charge in [-0.15, -0.1) is 12.4 Å². The molecule has 4 nitrogen and oxygen atoms in total. The molecule has 0 aromatic heterocycles. The summed E-state index contributed by atoms with van der Waals surface area (Å²) in [6.07, 6.45) is 0. The molecule has 0 aliphatic rings. The molecule has 0 fully saturated rings. The van der Waals surface area contributed by atoms with Crippen molar-refractivity contribution in [3.63, 3.8) is 0 Å². The van der Waals surface area contributed by atoms with Gasteiger partial charge < -0.3 is 15.4 Å². The van der Waals surface area contributed by atoms with Gasteiger partial charge in [-0.3, -0.25) is 4.79 Å². The van der Waals surface area contributed by atoms with Gasteiger partial charge in [-0.2, -0.15) is 0 Å². The minimum atomic E-state index is -0.0979. The summed E-state index contributed by atoms with van der Waals surface area (Å²) in [4.78, 5) is 11.8. The second kappa shape index (κ2) is 8.84. The average molecular weight is 259 g/mol. The Morgan fingerprint density at radius 2 is 2.00 bits per heavy atom. The number of hydrogen-bond donors (Lipinski definition) is 2. The number of rotatable bonds is 6. The predicted octanol–water partition coefficient (Wildman–Crippen LogP) is 1.46. The molecule has 1 aromatic carbocycles. The highest BCUT2D eigenvalue weighted by Crippen LogP contribution is 2.17. The first-order chi connectivity index (χ1) is 7.79. The van der Waals surface area contributed by atoms with Crippen LogP contribution in [-0.2, 0) is 0 Å². The average Bonchev–Trinajstić information content (AvgIpc) is 2.30. The molecule has 96 valence electrons. The van der Waals surface area contributed by atoms with E-state index in [1.807, 2.05) is 26.1 Å². The number of halogens is 1. The van der Waals surface area contributed by atoms with Crippen LogP contribution in [0.2, 0.25) is 0 Å². The van der Waals surface area contributed by atoms with Crippen LogP contribution in [-0.4, -0.2) is 32.7 Å². The fourth-order valence-corrected chi connectivity index (χ4v) is 1.33. The van der Waals surface area contributed by atoms with Gasteiger partial charge in [-0.25, -0.2) is 0 Å². The number of nitrogens with one attached hydrogen (secondary N) is 2. The molecular weight excluding hydrogens is 240 g/mol. The van der Waals surface area contributed by atoms with Gasteiger partial charge >= 0.3 is 0 Å². The van der Waals surface area contributed by atoms with Crippen LogP contribution in [0.25, 0.3) is 0 Å². The van der Waals surface area contributed by atoms with Crippen molar-refractivity contribution < 1.29 is 9.53 Å². The minimum absolute atomic E-state index is 0. The van der Waals surface area contributed by atoms with E-state index >= 15 is 0 Å². The van der Waals surface area contributed by atoms with E-state index in [-0.39, 0.29) is 18.3 Å². The van der Waals surface area contributed by atoms with Gasteiger partial charge in [0.05, 0.1) is 12.2 Å². The number of para-hydroxylation sites is 1. The highest BCUT2D eigenvalue weighted by Gasteiger charge is 2.10. The van der Waals surface area contributed by atoms with Gasteiger partial charge in [0.25, 0.3) is 5.91 Å². The molecule has 0 aliphatic carbocycles. The summed E-state index contributed by atoms with van der Waals surface area (Å²) in [6, 6.07) is 7.25. The maximum Gasteiger partial charge on any atom is 0.255 e. The lowest BCUT2D eigenvalue weighted by Gasteiger charge is -2.10. The Labute approximate surface area is 108 Å². The molecule has 1 amide bonds. The first-order valence-electron chi connectivity index (χ1n) is 5.44. The fourth-order valence-electron chi connectivity index (χ4n) is 1.33. The maximum atomic E-state index is 11.8. The van der Waals surface area contributed by atoms with Crippen LogP contribution in [0.15, 0.2) is 24.3 Å². The van der Waals surface area contributed by atoms with Crippen molar-refractivity contribution in [2.45, 2.75) is 6.92 Å². The van der Waals surface area contributed by atoms with Gasteiger partial charge in [0.1, 0.15) is 5.75 Å². The van der Waals surface area contributed by atoms with E-state index in [2.05, 4.69) is 10.6 Å². The van der Waals surface area contributed by atoms with Crippen molar-refractivity contribution in [1.29, 1.82) is 0 Å². The SMILES string of the molecule is CCOc1ccccc1C(=O)NCCNC.Cl. The van der Waals surface area contributed by atoms with Crippen LogP contribution >= 0.6 is 12.4 Å². The highest BCUT2D eigenvalue weighted by molar-refractivity contribution is 5.96. The summed E-state index contributed by atoms with van der Waals surface area (Å²) < 4.78 is 5.39. The minimum Gasteiger partial charge on any atom is -0.493 e. The first kappa shape index (κ1) is 15.7. The zero-order valence-electron chi connectivity index (χ0n) is 10.2. The molecule has 0 spiro atoms. The Kier molecular flexibility index (Phi) is 8.19. The molecule has 0 atom stereocenters. The lowest BCUT2D eigenvalue weighted by atomic mass is 10.2. The summed E-state index contributed by atoms with van der Waals surface area (Å²) in [5, 5.41) is 5.79. The fraction of sp³-hybridized carbons (Fsp3) is 0.417. The van der Waals surface area contributed by atoms with Crippen LogP contribution in [0.1, 0.15) is 17.3 Å². The molecule has 2 N–H and O–H groups in total. The number of ether oxygens (including phenoxy) is 1. The summed E-state index contributed by atoms with van der Waals surface area (Å²) >= 11 is 0. The van der Waals surface area contributed by atoms with Crippen molar-refractivity contribution >= 4 is 18.3 Å². The lowest BCUT2D eigenvalue weighted by Crippen LogP contribution is -2.30. The standard InChI is InChI=1S/C12H18N2O2.ClH/c1-3-16-11-7-5-4-6-10(11)12(15)14-9-8-13-2;/h4-7,13H,3,8-9H2,1-2H3,(H,14,15);1H. The summed E-state index contributed by atoms with van der Waals surface area (Å²) in [6.45, 7) is 3.81. The Morgan fingerprint density at radius 3 is 2.65 bits per heavy atom. The van der Waals surface area contributed by atoms with Gasteiger partial charge in [-0.1, -0.05) is 12.1 Å². The van der Waals surface area contributed by atoms with Gasteiger partial charge in [0.2, 0.25) is 0 Å². The molecule has 0 unspecified atom stereocenters. The molecular formula is C12H19ClN2O2. The van der Waals surface area contributed by atoms with Crippen molar-refractivity contribution in [2.24, 2.45) is 0 Å². The third-order valence-corrected chi connectivity index (χ3v) is 2.09. The normalized spacial score (nSPS) is 9.29. The summed E-state index contributed by atoms with van der Waals surface area (Å²) in [5.74, 6) is 0.534. The van der Waals surface area contributed by atoms with E-state index in [0.29, 0.717) is 24.5 Å². The first-order valence-corrected chi connectivity index (χ1v) is 5.44. The van der Waals surface area contributed by atoms with Crippen LogP contribution in [0, 0.1) is 0 Å². The number of hydrogen-bond acceptors (Lipinski definition) is 3.